The Bertz CT molecular complexity index is 347. The molecule has 0 saturated heterocycles. The first-order valence-electron chi connectivity index (χ1n) is 5.30. The molecule has 0 radical (unpaired) electrons. The summed E-state index contributed by atoms with van der Waals surface area (Å²) >= 11 is 3.39. The van der Waals surface area contributed by atoms with E-state index in [0.717, 1.165) is 35.8 Å². The summed E-state index contributed by atoms with van der Waals surface area (Å²) in [5.74, 6) is 0.351. The number of nitrogens with one attached hydrogen (secondary N) is 1. The predicted octanol–water partition coefficient (Wildman–Crippen LogP) is 3.37. The van der Waals surface area contributed by atoms with Gasteiger partial charge in [-0.1, -0.05) is 22.4 Å². The molecule has 1 fully saturated rings. The number of benzene rings is 1. The van der Waals surface area contributed by atoms with Crippen LogP contribution in [0.2, 0.25) is 0 Å². The number of ketones is 1. The second-order valence-electron chi connectivity index (χ2n) is 3.92. The van der Waals surface area contributed by atoms with Gasteiger partial charge >= 0.3 is 0 Å². The van der Waals surface area contributed by atoms with Crippen molar-refractivity contribution in [3.63, 3.8) is 0 Å². The Hall–Kier alpha value is -0.830. The van der Waals surface area contributed by atoms with Gasteiger partial charge in [-0.25, -0.2) is 0 Å². The zero-order valence-electron chi connectivity index (χ0n) is 8.50. The number of hydrogen-bond donors (Lipinski definition) is 1. The molecule has 0 aromatic heterocycles. The van der Waals surface area contributed by atoms with E-state index in [1.807, 2.05) is 24.3 Å². The summed E-state index contributed by atoms with van der Waals surface area (Å²) in [6.45, 7) is 0. The van der Waals surface area contributed by atoms with Crippen molar-refractivity contribution < 1.29 is 4.79 Å². The molecular weight excluding hydrogens is 254 g/mol. The first-order valence-corrected chi connectivity index (χ1v) is 6.10. The number of carbonyl (C=O) groups excluding carboxylic acids is 1. The van der Waals surface area contributed by atoms with Crippen molar-refractivity contribution in [1.82, 2.24) is 0 Å². The number of rotatable bonds is 2. The standard InChI is InChI=1S/C12H14BrNO/c13-9-5-7-10(8-6-9)14-11-3-1-2-4-12(11)15/h5-8,11,14H,1-4H2/t11-/m0/s1. The fourth-order valence-electron chi connectivity index (χ4n) is 1.88. The van der Waals surface area contributed by atoms with E-state index in [-0.39, 0.29) is 6.04 Å². The van der Waals surface area contributed by atoms with Crippen LogP contribution in [-0.4, -0.2) is 11.8 Å². The Morgan fingerprint density at radius 1 is 1.20 bits per heavy atom. The summed E-state index contributed by atoms with van der Waals surface area (Å²) in [6.07, 6.45) is 3.90. The molecular formula is C12H14BrNO. The number of halogens is 1. The van der Waals surface area contributed by atoms with E-state index in [1.165, 1.54) is 0 Å². The highest BCUT2D eigenvalue weighted by atomic mass is 79.9. The molecule has 0 bridgehead atoms. The third-order valence-electron chi connectivity index (χ3n) is 2.74. The monoisotopic (exact) mass is 267 g/mol. The fraction of sp³-hybridized carbons (Fsp3) is 0.417. The number of Topliss-reactive ketones (excluding diaryl/α,β-unsaturated/α-hetero) is 1. The highest BCUT2D eigenvalue weighted by Crippen LogP contribution is 2.20. The van der Waals surface area contributed by atoms with Crippen LogP contribution in [0, 0.1) is 0 Å². The van der Waals surface area contributed by atoms with E-state index < -0.39 is 0 Å². The molecule has 2 rings (SSSR count). The van der Waals surface area contributed by atoms with Gasteiger partial charge in [0.2, 0.25) is 0 Å². The molecule has 0 unspecified atom stereocenters. The van der Waals surface area contributed by atoms with Gasteiger partial charge in [0, 0.05) is 16.6 Å². The number of anilines is 1. The minimum absolute atomic E-state index is 0.0277. The quantitative estimate of drug-likeness (QED) is 0.890. The molecule has 0 amide bonds. The lowest BCUT2D eigenvalue weighted by molar-refractivity contribution is -0.121. The molecule has 1 saturated carbocycles. The Kier molecular flexibility index (Phi) is 3.41. The molecule has 1 aromatic rings. The number of carbonyl (C=O) groups is 1. The molecule has 0 aliphatic heterocycles. The maximum Gasteiger partial charge on any atom is 0.155 e. The molecule has 80 valence electrons. The van der Waals surface area contributed by atoms with Crippen molar-refractivity contribution in [1.29, 1.82) is 0 Å². The van der Waals surface area contributed by atoms with Crippen LogP contribution in [0.1, 0.15) is 25.7 Å². The fourth-order valence-corrected chi connectivity index (χ4v) is 2.15. The Balaban J connectivity index is 2.01. The molecule has 2 nitrogen and oxygen atoms in total. The van der Waals surface area contributed by atoms with E-state index in [0.29, 0.717) is 5.78 Å². The maximum atomic E-state index is 11.6. The first kappa shape index (κ1) is 10.7. The van der Waals surface area contributed by atoms with Crippen molar-refractivity contribution in [3.05, 3.63) is 28.7 Å². The third kappa shape index (κ3) is 2.81. The summed E-state index contributed by atoms with van der Waals surface area (Å²) < 4.78 is 1.06. The second-order valence-corrected chi connectivity index (χ2v) is 4.83. The van der Waals surface area contributed by atoms with Crippen LogP contribution in [0.3, 0.4) is 0 Å². The van der Waals surface area contributed by atoms with Crippen molar-refractivity contribution in [2.24, 2.45) is 0 Å². The maximum absolute atomic E-state index is 11.6. The molecule has 1 aliphatic rings. The molecule has 15 heavy (non-hydrogen) atoms. The second kappa shape index (κ2) is 4.79. The van der Waals surface area contributed by atoms with Crippen LogP contribution in [-0.2, 0) is 4.79 Å². The van der Waals surface area contributed by atoms with E-state index >= 15 is 0 Å². The van der Waals surface area contributed by atoms with E-state index in [2.05, 4.69) is 21.2 Å². The highest BCUT2D eigenvalue weighted by Gasteiger charge is 2.21. The van der Waals surface area contributed by atoms with Gasteiger partial charge in [0.05, 0.1) is 6.04 Å². The molecule has 1 aliphatic carbocycles. The lowest BCUT2D eigenvalue weighted by Crippen LogP contribution is -2.32. The molecule has 3 heteroatoms. The molecule has 0 spiro atoms. The van der Waals surface area contributed by atoms with Crippen LogP contribution in [0.5, 0.6) is 0 Å². The predicted molar refractivity (Wildman–Crippen MR) is 65.0 cm³/mol. The van der Waals surface area contributed by atoms with Gasteiger partial charge in [-0.3, -0.25) is 4.79 Å². The minimum Gasteiger partial charge on any atom is -0.375 e. The summed E-state index contributed by atoms with van der Waals surface area (Å²) in [6, 6.07) is 7.98. The van der Waals surface area contributed by atoms with Crippen LogP contribution in [0.25, 0.3) is 0 Å². The average Bonchev–Trinajstić information content (AvgIpc) is 2.25. The van der Waals surface area contributed by atoms with E-state index in [1.54, 1.807) is 0 Å². The van der Waals surface area contributed by atoms with Crippen LogP contribution >= 0.6 is 15.9 Å². The van der Waals surface area contributed by atoms with Gasteiger partial charge in [-0.15, -0.1) is 0 Å². The highest BCUT2D eigenvalue weighted by molar-refractivity contribution is 9.10. The SMILES string of the molecule is O=C1CCCC[C@@H]1Nc1ccc(Br)cc1. The van der Waals surface area contributed by atoms with Gasteiger partial charge in [-0.05, 0) is 37.1 Å². The van der Waals surface area contributed by atoms with Crippen molar-refractivity contribution in [3.8, 4) is 0 Å². The molecule has 0 heterocycles. The lowest BCUT2D eigenvalue weighted by Gasteiger charge is -2.22. The van der Waals surface area contributed by atoms with Gasteiger partial charge in [-0.2, -0.15) is 0 Å². The largest absolute Gasteiger partial charge is 0.375 e. The zero-order valence-corrected chi connectivity index (χ0v) is 10.1. The average molecular weight is 268 g/mol. The normalized spacial score (nSPS) is 21.4. The zero-order chi connectivity index (χ0) is 10.7. The Labute approximate surface area is 98.2 Å². The summed E-state index contributed by atoms with van der Waals surface area (Å²) in [5, 5.41) is 3.29. The minimum atomic E-state index is 0.0277. The molecule has 1 N–H and O–H groups in total. The Morgan fingerprint density at radius 3 is 2.60 bits per heavy atom. The van der Waals surface area contributed by atoms with Crippen LogP contribution in [0.15, 0.2) is 28.7 Å². The van der Waals surface area contributed by atoms with E-state index in [9.17, 15) is 4.79 Å². The topological polar surface area (TPSA) is 29.1 Å². The number of hydrogen-bond acceptors (Lipinski definition) is 2. The summed E-state index contributed by atoms with van der Waals surface area (Å²) in [7, 11) is 0. The summed E-state index contributed by atoms with van der Waals surface area (Å²) in [5.41, 5.74) is 1.03. The first-order chi connectivity index (χ1) is 7.25. The van der Waals surface area contributed by atoms with Gasteiger partial charge in [0.1, 0.15) is 0 Å². The van der Waals surface area contributed by atoms with Crippen LogP contribution < -0.4 is 5.32 Å². The van der Waals surface area contributed by atoms with Crippen molar-refractivity contribution in [2.45, 2.75) is 31.7 Å². The van der Waals surface area contributed by atoms with Gasteiger partial charge < -0.3 is 5.32 Å². The molecule has 1 aromatic carbocycles. The smallest absolute Gasteiger partial charge is 0.155 e. The van der Waals surface area contributed by atoms with Gasteiger partial charge in [0.25, 0.3) is 0 Å². The Morgan fingerprint density at radius 2 is 1.93 bits per heavy atom. The van der Waals surface area contributed by atoms with Crippen molar-refractivity contribution in [2.75, 3.05) is 5.32 Å². The van der Waals surface area contributed by atoms with E-state index in [4.69, 9.17) is 0 Å². The third-order valence-corrected chi connectivity index (χ3v) is 3.27. The van der Waals surface area contributed by atoms with Crippen molar-refractivity contribution >= 4 is 27.4 Å². The lowest BCUT2D eigenvalue weighted by atomic mass is 9.94. The van der Waals surface area contributed by atoms with Gasteiger partial charge in [0.15, 0.2) is 5.78 Å². The molecule has 1 atom stereocenters. The summed E-state index contributed by atoms with van der Waals surface area (Å²) in [4.78, 5) is 11.6. The van der Waals surface area contributed by atoms with Crippen LogP contribution in [0.4, 0.5) is 5.69 Å².